The van der Waals surface area contributed by atoms with Crippen molar-refractivity contribution >= 4 is 29.5 Å². The lowest BCUT2D eigenvalue weighted by Crippen LogP contribution is -2.39. The van der Waals surface area contributed by atoms with E-state index in [9.17, 15) is 9.59 Å². The van der Waals surface area contributed by atoms with Crippen molar-refractivity contribution in [3.05, 3.63) is 175 Å². The number of thiazole rings is 1. The van der Waals surface area contributed by atoms with Gasteiger partial charge in [0.2, 0.25) is 0 Å². The Morgan fingerprint density at radius 2 is 1.45 bits per heavy atom. The van der Waals surface area contributed by atoms with E-state index in [1.807, 2.05) is 127 Å². The number of aromatic nitrogens is 1. The first-order valence-corrected chi connectivity index (χ1v) is 15.1. The molecular formula is C37H30N2O4S. The van der Waals surface area contributed by atoms with Crippen molar-refractivity contribution in [2.75, 3.05) is 0 Å². The Bertz CT molecular complexity index is 1990. The standard InChI is InChI=1S/C37H30N2O4S/c1-26-33(36(41)43-25-29-16-9-4-10-17-29)34(30-20-22-31(23-21-30)42-24-28-14-7-3-8-15-28)39-35(40)32(44-37(39)38-26)19-11-18-27-12-5-2-6-13-27/h2-23,34H,24-25H2,1H3/b18-11+,32-19-. The molecule has 0 saturated heterocycles. The monoisotopic (exact) mass is 598 g/mol. The summed E-state index contributed by atoms with van der Waals surface area (Å²) in [4.78, 5) is 32.7. The smallest absolute Gasteiger partial charge is 0.338 e. The summed E-state index contributed by atoms with van der Waals surface area (Å²) in [6.07, 6.45) is 5.60. The second kappa shape index (κ2) is 13.4. The minimum Gasteiger partial charge on any atom is -0.489 e. The van der Waals surface area contributed by atoms with E-state index in [2.05, 4.69) is 0 Å². The van der Waals surface area contributed by atoms with Crippen LogP contribution in [0.25, 0.3) is 12.2 Å². The number of fused-ring (bicyclic) bond motifs is 1. The van der Waals surface area contributed by atoms with Crippen molar-refractivity contribution in [1.82, 2.24) is 4.57 Å². The van der Waals surface area contributed by atoms with Gasteiger partial charge in [0.15, 0.2) is 4.80 Å². The Morgan fingerprint density at radius 3 is 2.11 bits per heavy atom. The van der Waals surface area contributed by atoms with Crippen molar-refractivity contribution in [2.24, 2.45) is 4.99 Å². The minimum atomic E-state index is -0.710. The molecule has 6 nitrogen and oxygen atoms in total. The van der Waals surface area contributed by atoms with E-state index in [0.717, 1.165) is 22.3 Å². The quantitative estimate of drug-likeness (QED) is 0.189. The third kappa shape index (κ3) is 6.53. The number of hydrogen-bond acceptors (Lipinski definition) is 6. The van der Waals surface area contributed by atoms with Gasteiger partial charge in [-0.2, -0.15) is 0 Å². The average Bonchev–Trinajstić information content (AvgIpc) is 3.37. The molecule has 4 aromatic carbocycles. The van der Waals surface area contributed by atoms with Gasteiger partial charge in [-0.15, -0.1) is 0 Å². The second-order valence-corrected chi connectivity index (χ2v) is 11.3. The van der Waals surface area contributed by atoms with Crippen molar-refractivity contribution in [1.29, 1.82) is 0 Å². The molecule has 44 heavy (non-hydrogen) atoms. The molecule has 0 amide bonds. The molecule has 0 saturated carbocycles. The highest BCUT2D eigenvalue weighted by Gasteiger charge is 2.33. The zero-order valence-electron chi connectivity index (χ0n) is 24.1. The van der Waals surface area contributed by atoms with Gasteiger partial charge in [-0.05, 0) is 47.4 Å². The number of esters is 1. The van der Waals surface area contributed by atoms with Gasteiger partial charge in [0, 0.05) is 0 Å². The second-order valence-electron chi connectivity index (χ2n) is 10.3. The molecule has 0 radical (unpaired) electrons. The van der Waals surface area contributed by atoms with E-state index >= 15 is 0 Å². The molecule has 1 aromatic heterocycles. The highest BCUT2D eigenvalue weighted by Crippen LogP contribution is 2.32. The maximum Gasteiger partial charge on any atom is 0.338 e. The third-order valence-corrected chi connectivity index (χ3v) is 8.24. The maximum atomic E-state index is 13.9. The van der Waals surface area contributed by atoms with Gasteiger partial charge < -0.3 is 9.47 Å². The topological polar surface area (TPSA) is 69.9 Å². The van der Waals surface area contributed by atoms with Gasteiger partial charge in [-0.1, -0.05) is 127 Å². The molecule has 7 heteroatoms. The van der Waals surface area contributed by atoms with Crippen LogP contribution in [0.3, 0.4) is 0 Å². The van der Waals surface area contributed by atoms with Gasteiger partial charge in [-0.25, -0.2) is 9.79 Å². The lowest BCUT2D eigenvalue weighted by atomic mass is 9.96. The van der Waals surface area contributed by atoms with Crippen molar-refractivity contribution in [3.63, 3.8) is 0 Å². The van der Waals surface area contributed by atoms with E-state index in [0.29, 0.717) is 33.0 Å². The fraction of sp³-hybridized carbons (Fsp3) is 0.108. The van der Waals surface area contributed by atoms with E-state index in [4.69, 9.17) is 14.5 Å². The third-order valence-electron chi connectivity index (χ3n) is 7.23. The predicted molar refractivity (Wildman–Crippen MR) is 174 cm³/mol. The van der Waals surface area contributed by atoms with Crippen LogP contribution in [-0.2, 0) is 22.7 Å². The zero-order chi connectivity index (χ0) is 30.3. The summed E-state index contributed by atoms with van der Waals surface area (Å²) in [7, 11) is 0. The highest BCUT2D eigenvalue weighted by atomic mass is 32.1. The van der Waals surface area contributed by atoms with E-state index in [1.165, 1.54) is 11.3 Å². The molecule has 1 aliphatic heterocycles. The van der Waals surface area contributed by atoms with Crippen molar-refractivity contribution in [2.45, 2.75) is 26.2 Å². The molecule has 218 valence electrons. The molecular weight excluding hydrogens is 568 g/mol. The highest BCUT2D eigenvalue weighted by molar-refractivity contribution is 7.07. The Morgan fingerprint density at radius 1 is 0.841 bits per heavy atom. The lowest BCUT2D eigenvalue weighted by molar-refractivity contribution is -0.140. The number of ether oxygens (including phenoxy) is 2. The summed E-state index contributed by atoms with van der Waals surface area (Å²) in [6.45, 7) is 2.34. The van der Waals surface area contributed by atoms with E-state index < -0.39 is 12.0 Å². The number of rotatable bonds is 9. The zero-order valence-corrected chi connectivity index (χ0v) is 24.9. The van der Waals surface area contributed by atoms with Crippen LogP contribution in [0.15, 0.2) is 142 Å². The fourth-order valence-corrected chi connectivity index (χ4v) is 6.01. The van der Waals surface area contributed by atoms with Crippen LogP contribution in [0.2, 0.25) is 0 Å². The van der Waals surface area contributed by atoms with Crippen LogP contribution in [0, 0.1) is 0 Å². The molecule has 0 spiro atoms. The Hall–Kier alpha value is -5.27. The van der Waals surface area contributed by atoms with Gasteiger partial charge in [-0.3, -0.25) is 9.36 Å². The molecule has 2 heterocycles. The molecule has 6 rings (SSSR count). The number of carbonyl (C=O) groups excluding carboxylic acids is 1. The summed E-state index contributed by atoms with van der Waals surface area (Å²) in [5.41, 5.74) is 4.35. The summed E-state index contributed by atoms with van der Waals surface area (Å²) in [5.74, 6) is 0.174. The number of nitrogens with zero attached hydrogens (tertiary/aromatic N) is 2. The summed E-state index contributed by atoms with van der Waals surface area (Å²) in [6, 6.07) is 36.1. The van der Waals surface area contributed by atoms with Gasteiger partial charge in [0.25, 0.3) is 5.56 Å². The first kappa shape index (κ1) is 28.8. The van der Waals surface area contributed by atoms with Crippen LogP contribution in [0.4, 0.5) is 0 Å². The first-order chi connectivity index (χ1) is 21.6. The first-order valence-electron chi connectivity index (χ1n) is 14.3. The predicted octanol–water partition coefficient (Wildman–Crippen LogP) is 6.22. The normalized spacial score (nSPS) is 14.8. The minimum absolute atomic E-state index is 0.115. The average molecular weight is 599 g/mol. The summed E-state index contributed by atoms with van der Waals surface area (Å²) < 4.78 is 13.9. The van der Waals surface area contributed by atoms with Gasteiger partial charge in [0.1, 0.15) is 19.0 Å². The van der Waals surface area contributed by atoms with Crippen molar-refractivity contribution < 1.29 is 14.3 Å². The maximum absolute atomic E-state index is 13.9. The largest absolute Gasteiger partial charge is 0.489 e. The number of carbonyl (C=O) groups is 1. The van der Waals surface area contributed by atoms with Gasteiger partial charge in [0.05, 0.1) is 21.8 Å². The Labute approximate surface area is 259 Å². The van der Waals surface area contributed by atoms with Gasteiger partial charge >= 0.3 is 5.97 Å². The number of allylic oxidation sites excluding steroid dienone is 2. The molecule has 1 aliphatic rings. The Kier molecular flexibility index (Phi) is 8.75. The Balaban J connectivity index is 1.35. The van der Waals surface area contributed by atoms with Crippen LogP contribution >= 0.6 is 11.3 Å². The van der Waals surface area contributed by atoms with Crippen LogP contribution < -0.4 is 19.6 Å². The molecule has 1 atom stereocenters. The molecule has 0 aliphatic carbocycles. The lowest BCUT2D eigenvalue weighted by Gasteiger charge is -2.25. The van der Waals surface area contributed by atoms with Crippen LogP contribution in [0.5, 0.6) is 5.75 Å². The van der Waals surface area contributed by atoms with Crippen molar-refractivity contribution in [3.8, 4) is 5.75 Å². The molecule has 0 bridgehead atoms. The van der Waals surface area contributed by atoms with E-state index in [-0.39, 0.29) is 12.2 Å². The molecule has 1 unspecified atom stereocenters. The summed E-state index contributed by atoms with van der Waals surface area (Å²) >= 11 is 1.30. The molecule has 0 N–H and O–H groups in total. The van der Waals surface area contributed by atoms with E-state index in [1.54, 1.807) is 17.6 Å². The fourth-order valence-electron chi connectivity index (χ4n) is 5.01. The SMILES string of the molecule is CC1=C(C(=O)OCc2ccccc2)C(c2ccc(OCc3ccccc3)cc2)n2c(s/c(=C\C=C\c3ccccc3)c2=O)=N1. The summed E-state index contributed by atoms with van der Waals surface area (Å²) in [5, 5.41) is 0. The molecule has 0 fully saturated rings. The van der Waals surface area contributed by atoms with Crippen LogP contribution in [-0.4, -0.2) is 10.5 Å². The van der Waals surface area contributed by atoms with Crippen LogP contribution in [0.1, 0.15) is 35.2 Å². The number of hydrogen-bond donors (Lipinski definition) is 0. The molecule has 5 aromatic rings. The number of benzene rings is 4.